The number of nitrogen functional groups attached to an aromatic ring is 1. The Labute approximate surface area is 239 Å². The minimum atomic E-state index is -1.31. The SMILES string of the molecule is Cc1cnc(Nc2c(C(N)=O)c(-c3ccc(N)c(O[C@@H](C)c4ccc(F)cc4)c3)nn2COCC[Si](C)(C)C)cn1. The summed E-state index contributed by atoms with van der Waals surface area (Å²) in [6.07, 6.45) is 2.76. The number of nitrogens with two attached hydrogens (primary N) is 2. The average molecular weight is 578 g/mol. The Morgan fingerprint density at radius 2 is 1.85 bits per heavy atom. The first-order valence-electron chi connectivity index (χ1n) is 13.3. The number of primary amides is 1. The Morgan fingerprint density at radius 1 is 1.12 bits per heavy atom. The molecule has 5 N–H and O–H groups in total. The molecule has 0 bridgehead atoms. The summed E-state index contributed by atoms with van der Waals surface area (Å²) in [5, 5.41) is 7.87. The Bertz CT molecular complexity index is 1500. The molecule has 2 aromatic heterocycles. The van der Waals surface area contributed by atoms with E-state index in [9.17, 15) is 9.18 Å². The number of hydrogen-bond acceptors (Lipinski definition) is 8. The number of nitrogens with zero attached hydrogens (tertiary/aromatic N) is 4. The van der Waals surface area contributed by atoms with Crippen LogP contribution in [0.25, 0.3) is 11.3 Å². The van der Waals surface area contributed by atoms with Crippen molar-refractivity contribution in [3.8, 4) is 17.0 Å². The molecule has 0 aliphatic heterocycles. The molecule has 1 atom stereocenters. The third-order valence-electron chi connectivity index (χ3n) is 6.37. The van der Waals surface area contributed by atoms with E-state index in [1.165, 1.54) is 12.1 Å². The van der Waals surface area contributed by atoms with Gasteiger partial charge in [0.05, 0.1) is 23.8 Å². The standard InChI is InChI=1S/C29H36FN7O3Si/c1-18-15-34-25(16-33-18)35-29-26(28(32)38)27(36-37(29)17-39-12-13-41(3,4)5)21-8-11-23(31)24(14-21)40-19(2)20-6-9-22(30)10-7-20/h6-11,14-16,19H,12-13,17,31H2,1-5H3,(H2,32,38)(H,34,35)/t19-/m0/s1. The van der Waals surface area contributed by atoms with Crippen LogP contribution in [0.4, 0.5) is 21.7 Å². The molecule has 10 nitrogen and oxygen atoms in total. The van der Waals surface area contributed by atoms with E-state index in [1.54, 1.807) is 47.4 Å². The molecular formula is C29H36FN7O3Si. The number of aryl methyl sites for hydroxylation is 1. The predicted molar refractivity (Wildman–Crippen MR) is 160 cm³/mol. The molecule has 2 heterocycles. The lowest BCUT2D eigenvalue weighted by Gasteiger charge is -2.17. The van der Waals surface area contributed by atoms with Crippen molar-refractivity contribution >= 4 is 31.3 Å². The number of ether oxygens (including phenoxy) is 2. The molecule has 0 saturated heterocycles. The van der Waals surface area contributed by atoms with Crippen molar-refractivity contribution in [3.63, 3.8) is 0 Å². The lowest BCUT2D eigenvalue weighted by Crippen LogP contribution is -2.22. The van der Waals surface area contributed by atoms with Crippen LogP contribution in [0.2, 0.25) is 25.7 Å². The zero-order valence-electron chi connectivity index (χ0n) is 23.9. The van der Waals surface area contributed by atoms with E-state index in [4.69, 9.17) is 26.0 Å². The summed E-state index contributed by atoms with van der Waals surface area (Å²) < 4.78 is 27.1. The fourth-order valence-electron chi connectivity index (χ4n) is 4.00. The quantitative estimate of drug-likeness (QED) is 0.111. The second kappa shape index (κ2) is 12.5. The zero-order valence-corrected chi connectivity index (χ0v) is 24.9. The van der Waals surface area contributed by atoms with E-state index in [-0.39, 0.29) is 18.1 Å². The van der Waals surface area contributed by atoms with Crippen molar-refractivity contribution < 1.29 is 18.7 Å². The highest BCUT2D eigenvalue weighted by atomic mass is 28.3. The summed E-state index contributed by atoms with van der Waals surface area (Å²) in [6, 6.07) is 12.2. The number of halogens is 1. The lowest BCUT2D eigenvalue weighted by atomic mass is 10.1. The minimum absolute atomic E-state index is 0.0896. The van der Waals surface area contributed by atoms with Crippen LogP contribution in [0, 0.1) is 12.7 Å². The van der Waals surface area contributed by atoms with Crippen LogP contribution < -0.4 is 21.5 Å². The van der Waals surface area contributed by atoms with Crippen molar-refractivity contribution in [2.75, 3.05) is 17.7 Å². The van der Waals surface area contributed by atoms with Gasteiger partial charge in [0.15, 0.2) is 0 Å². The van der Waals surface area contributed by atoms with E-state index in [1.807, 2.05) is 13.8 Å². The van der Waals surface area contributed by atoms with Crippen molar-refractivity contribution in [1.29, 1.82) is 0 Å². The summed E-state index contributed by atoms with van der Waals surface area (Å²) in [4.78, 5) is 21.5. The normalized spacial score (nSPS) is 12.2. The molecule has 1 amide bonds. The van der Waals surface area contributed by atoms with Crippen molar-refractivity contribution in [3.05, 3.63) is 77.5 Å². The summed E-state index contributed by atoms with van der Waals surface area (Å²) in [5.41, 5.74) is 15.1. The summed E-state index contributed by atoms with van der Waals surface area (Å²) in [6.45, 7) is 11.1. The molecule has 0 aliphatic rings. The van der Waals surface area contributed by atoms with Gasteiger partial charge in [0.2, 0.25) is 0 Å². The molecule has 0 saturated carbocycles. The molecule has 41 heavy (non-hydrogen) atoms. The van der Waals surface area contributed by atoms with Crippen LogP contribution in [-0.2, 0) is 11.5 Å². The first-order chi connectivity index (χ1) is 19.4. The highest BCUT2D eigenvalue weighted by Gasteiger charge is 2.25. The summed E-state index contributed by atoms with van der Waals surface area (Å²) in [7, 11) is -1.31. The maximum absolute atomic E-state index is 13.4. The van der Waals surface area contributed by atoms with E-state index in [0.29, 0.717) is 40.9 Å². The minimum Gasteiger partial charge on any atom is -0.484 e. The highest BCUT2D eigenvalue weighted by Crippen LogP contribution is 2.36. The number of nitrogens with one attached hydrogen (secondary N) is 1. The van der Waals surface area contributed by atoms with Gasteiger partial charge in [0.25, 0.3) is 5.91 Å². The maximum Gasteiger partial charge on any atom is 0.254 e. The largest absolute Gasteiger partial charge is 0.484 e. The van der Waals surface area contributed by atoms with Gasteiger partial charge in [-0.3, -0.25) is 9.78 Å². The average Bonchev–Trinajstić information content (AvgIpc) is 3.27. The molecule has 216 valence electrons. The Kier molecular flexibility index (Phi) is 9.04. The van der Waals surface area contributed by atoms with Crippen LogP contribution in [0.1, 0.15) is 34.6 Å². The van der Waals surface area contributed by atoms with Gasteiger partial charge in [-0.25, -0.2) is 14.1 Å². The fourth-order valence-corrected chi connectivity index (χ4v) is 4.76. The van der Waals surface area contributed by atoms with Gasteiger partial charge in [-0.1, -0.05) is 37.8 Å². The topological polar surface area (TPSA) is 143 Å². The number of rotatable bonds is 12. The first-order valence-corrected chi connectivity index (χ1v) is 17.0. The van der Waals surface area contributed by atoms with E-state index < -0.39 is 20.1 Å². The van der Waals surface area contributed by atoms with Crippen molar-refractivity contribution in [2.45, 2.75) is 52.4 Å². The van der Waals surface area contributed by atoms with Crippen LogP contribution in [-0.4, -0.2) is 40.3 Å². The Balaban J connectivity index is 1.71. The molecule has 0 aliphatic carbocycles. The van der Waals surface area contributed by atoms with Gasteiger partial charge in [0, 0.05) is 20.2 Å². The van der Waals surface area contributed by atoms with Gasteiger partial charge in [-0.2, -0.15) is 5.10 Å². The number of benzene rings is 2. The van der Waals surface area contributed by atoms with Crippen LogP contribution in [0.3, 0.4) is 0 Å². The van der Waals surface area contributed by atoms with Crippen LogP contribution in [0.5, 0.6) is 5.75 Å². The van der Waals surface area contributed by atoms with Crippen molar-refractivity contribution in [1.82, 2.24) is 19.7 Å². The van der Waals surface area contributed by atoms with Gasteiger partial charge in [-0.05, 0) is 49.7 Å². The maximum atomic E-state index is 13.4. The number of carbonyl (C=O) groups excluding carboxylic acids is 1. The predicted octanol–water partition coefficient (Wildman–Crippen LogP) is 5.66. The molecule has 0 spiro atoms. The van der Waals surface area contributed by atoms with Gasteiger partial charge in [0.1, 0.15) is 47.3 Å². The summed E-state index contributed by atoms with van der Waals surface area (Å²) in [5.74, 6) is 0.118. The van der Waals surface area contributed by atoms with E-state index in [0.717, 1.165) is 17.3 Å². The molecule has 2 aromatic carbocycles. The molecule has 0 radical (unpaired) electrons. The first kappa shape index (κ1) is 29.7. The zero-order chi connectivity index (χ0) is 29.7. The van der Waals surface area contributed by atoms with E-state index in [2.05, 4.69) is 34.9 Å². The third kappa shape index (κ3) is 7.67. The van der Waals surface area contributed by atoms with Gasteiger partial charge >= 0.3 is 0 Å². The second-order valence-electron chi connectivity index (χ2n) is 11.0. The Morgan fingerprint density at radius 3 is 2.49 bits per heavy atom. The smallest absolute Gasteiger partial charge is 0.254 e. The number of anilines is 3. The third-order valence-corrected chi connectivity index (χ3v) is 8.07. The number of amides is 1. The lowest BCUT2D eigenvalue weighted by molar-refractivity contribution is 0.0802. The molecule has 12 heteroatoms. The number of carbonyl (C=O) groups is 1. The highest BCUT2D eigenvalue weighted by molar-refractivity contribution is 6.76. The molecule has 4 aromatic rings. The number of aromatic nitrogens is 4. The Hall–Kier alpha value is -4.29. The molecule has 0 fully saturated rings. The van der Waals surface area contributed by atoms with Crippen molar-refractivity contribution in [2.24, 2.45) is 5.73 Å². The van der Waals surface area contributed by atoms with Gasteiger partial charge in [-0.15, -0.1) is 0 Å². The molecule has 0 unspecified atom stereocenters. The monoisotopic (exact) mass is 577 g/mol. The van der Waals surface area contributed by atoms with Crippen LogP contribution >= 0.6 is 0 Å². The van der Waals surface area contributed by atoms with E-state index >= 15 is 0 Å². The number of hydrogen-bond donors (Lipinski definition) is 3. The van der Waals surface area contributed by atoms with Crippen LogP contribution in [0.15, 0.2) is 54.9 Å². The molecular weight excluding hydrogens is 541 g/mol. The molecule has 4 rings (SSSR count). The van der Waals surface area contributed by atoms with Gasteiger partial charge < -0.3 is 26.3 Å². The fraction of sp³-hybridized carbons (Fsp3) is 0.310. The second-order valence-corrected chi connectivity index (χ2v) is 16.6. The summed E-state index contributed by atoms with van der Waals surface area (Å²) >= 11 is 0.